The van der Waals surface area contributed by atoms with Crippen molar-refractivity contribution in [1.82, 2.24) is 14.9 Å². The van der Waals surface area contributed by atoms with Crippen molar-refractivity contribution >= 4 is 34.4 Å². The van der Waals surface area contributed by atoms with Crippen LogP contribution in [0.1, 0.15) is 5.56 Å². The van der Waals surface area contributed by atoms with Crippen molar-refractivity contribution in [1.29, 1.82) is 0 Å². The standard InChI is InChI=1S/C15H10BrFN4S/c16-12-3-1-2-10(8-12)9-18-21-14(19-20-15(21)22)11-4-6-13(17)7-5-11/h1-9H,(H,20,22)/b18-9+. The second-order valence-electron chi connectivity index (χ2n) is 4.47. The van der Waals surface area contributed by atoms with E-state index in [2.05, 4.69) is 31.2 Å². The molecule has 0 amide bonds. The summed E-state index contributed by atoms with van der Waals surface area (Å²) in [6, 6.07) is 13.7. The van der Waals surface area contributed by atoms with Crippen LogP contribution in [0, 0.1) is 10.6 Å². The molecule has 0 fully saturated rings. The molecule has 7 heteroatoms. The third-order valence-corrected chi connectivity index (χ3v) is 3.68. The van der Waals surface area contributed by atoms with Crippen LogP contribution in [0.3, 0.4) is 0 Å². The second-order valence-corrected chi connectivity index (χ2v) is 5.77. The molecule has 3 rings (SSSR count). The zero-order valence-corrected chi connectivity index (χ0v) is 13.6. The summed E-state index contributed by atoms with van der Waals surface area (Å²) in [6.07, 6.45) is 1.68. The van der Waals surface area contributed by atoms with Gasteiger partial charge in [-0.3, -0.25) is 0 Å². The van der Waals surface area contributed by atoms with Crippen molar-refractivity contribution in [3.63, 3.8) is 0 Å². The van der Waals surface area contributed by atoms with Gasteiger partial charge in [-0.15, -0.1) is 0 Å². The van der Waals surface area contributed by atoms with E-state index in [1.807, 2.05) is 24.3 Å². The number of hydrogen-bond acceptors (Lipinski definition) is 3. The zero-order chi connectivity index (χ0) is 15.5. The monoisotopic (exact) mass is 376 g/mol. The molecule has 1 heterocycles. The van der Waals surface area contributed by atoms with E-state index in [0.29, 0.717) is 10.6 Å². The summed E-state index contributed by atoms with van der Waals surface area (Å²) in [6.45, 7) is 0. The number of halogens is 2. The predicted molar refractivity (Wildman–Crippen MR) is 89.9 cm³/mol. The van der Waals surface area contributed by atoms with Crippen LogP contribution < -0.4 is 0 Å². The van der Waals surface area contributed by atoms with Gasteiger partial charge in [0.25, 0.3) is 0 Å². The minimum absolute atomic E-state index is 0.304. The molecule has 1 N–H and O–H groups in total. The lowest BCUT2D eigenvalue weighted by Crippen LogP contribution is -1.95. The first-order valence-corrected chi connectivity index (χ1v) is 7.57. The molecule has 1 aromatic heterocycles. The van der Waals surface area contributed by atoms with Gasteiger partial charge in [0.2, 0.25) is 4.77 Å². The largest absolute Gasteiger partial charge is 0.250 e. The van der Waals surface area contributed by atoms with E-state index < -0.39 is 0 Å². The Morgan fingerprint density at radius 1 is 1.23 bits per heavy atom. The highest BCUT2D eigenvalue weighted by Gasteiger charge is 2.08. The van der Waals surface area contributed by atoms with E-state index in [1.165, 1.54) is 16.8 Å². The van der Waals surface area contributed by atoms with Crippen LogP contribution in [-0.2, 0) is 0 Å². The summed E-state index contributed by atoms with van der Waals surface area (Å²) >= 11 is 8.60. The Morgan fingerprint density at radius 3 is 2.73 bits per heavy atom. The Labute approximate surface area is 139 Å². The Bertz CT molecular complexity index is 883. The summed E-state index contributed by atoms with van der Waals surface area (Å²) in [5.41, 5.74) is 1.64. The molecular formula is C15H10BrFN4S. The maximum absolute atomic E-state index is 13.0. The van der Waals surface area contributed by atoms with Gasteiger partial charge in [0.15, 0.2) is 5.82 Å². The van der Waals surface area contributed by atoms with Crippen LogP contribution in [0.4, 0.5) is 4.39 Å². The Balaban J connectivity index is 1.99. The summed E-state index contributed by atoms with van der Waals surface area (Å²) in [5.74, 6) is 0.221. The Kier molecular flexibility index (Phi) is 4.26. The SMILES string of the molecule is Fc1ccc(-c2n[nH]c(=S)n2/N=C/c2cccc(Br)c2)cc1. The minimum Gasteiger partial charge on any atom is -0.250 e. The highest BCUT2D eigenvalue weighted by atomic mass is 79.9. The van der Waals surface area contributed by atoms with Gasteiger partial charge in [0.1, 0.15) is 5.82 Å². The third kappa shape index (κ3) is 3.20. The topological polar surface area (TPSA) is 46.0 Å². The molecule has 4 nitrogen and oxygen atoms in total. The van der Waals surface area contributed by atoms with Crippen molar-refractivity contribution in [2.75, 3.05) is 0 Å². The number of rotatable bonds is 3. The molecule has 3 aromatic rings. The van der Waals surface area contributed by atoms with Gasteiger partial charge in [-0.2, -0.15) is 14.9 Å². The lowest BCUT2D eigenvalue weighted by molar-refractivity contribution is 0.628. The summed E-state index contributed by atoms with van der Waals surface area (Å²) in [7, 11) is 0. The van der Waals surface area contributed by atoms with Crippen LogP contribution in [-0.4, -0.2) is 21.1 Å². The smallest absolute Gasteiger partial charge is 0.216 e. The van der Waals surface area contributed by atoms with Crippen LogP contribution in [0.25, 0.3) is 11.4 Å². The number of hydrogen-bond donors (Lipinski definition) is 1. The van der Waals surface area contributed by atoms with Crippen LogP contribution >= 0.6 is 28.1 Å². The maximum Gasteiger partial charge on any atom is 0.216 e. The first kappa shape index (κ1) is 14.8. The molecule has 2 aromatic carbocycles. The van der Waals surface area contributed by atoms with Crippen molar-refractivity contribution in [3.8, 4) is 11.4 Å². The second kappa shape index (κ2) is 6.33. The number of H-pyrrole nitrogens is 1. The van der Waals surface area contributed by atoms with Crippen LogP contribution in [0.5, 0.6) is 0 Å². The predicted octanol–water partition coefficient (Wildman–Crippen LogP) is 4.39. The molecule has 0 saturated carbocycles. The van der Waals surface area contributed by atoms with Crippen molar-refractivity contribution in [2.45, 2.75) is 0 Å². The molecule has 0 saturated heterocycles. The fraction of sp³-hybridized carbons (Fsp3) is 0. The van der Waals surface area contributed by atoms with E-state index in [1.54, 1.807) is 18.3 Å². The zero-order valence-electron chi connectivity index (χ0n) is 11.2. The van der Waals surface area contributed by atoms with Crippen molar-refractivity contribution < 1.29 is 4.39 Å². The molecular weight excluding hydrogens is 367 g/mol. The average Bonchev–Trinajstić information content (AvgIpc) is 2.87. The fourth-order valence-electron chi connectivity index (χ4n) is 1.90. The van der Waals surface area contributed by atoms with Gasteiger partial charge in [0.05, 0.1) is 6.21 Å². The minimum atomic E-state index is -0.304. The molecule has 0 aliphatic carbocycles. The normalized spacial score (nSPS) is 11.2. The quantitative estimate of drug-likeness (QED) is 0.544. The molecule has 0 radical (unpaired) electrons. The molecule has 110 valence electrons. The van der Waals surface area contributed by atoms with E-state index in [4.69, 9.17) is 12.2 Å². The molecule has 0 aliphatic heterocycles. The van der Waals surface area contributed by atoms with Gasteiger partial charge in [-0.25, -0.2) is 9.49 Å². The van der Waals surface area contributed by atoms with Gasteiger partial charge in [-0.1, -0.05) is 28.1 Å². The highest BCUT2D eigenvalue weighted by Crippen LogP contribution is 2.17. The average molecular weight is 377 g/mol. The number of nitrogens with zero attached hydrogens (tertiary/aromatic N) is 3. The number of aromatic nitrogens is 3. The fourth-order valence-corrected chi connectivity index (χ4v) is 2.49. The van der Waals surface area contributed by atoms with Crippen LogP contribution in [0.2, 0.25) is 0 Å². The van der Waals surface area contributed by atoms with Crippen molar-refractivity contribution in [2.24, 2.45) is 5.10 Å². The number of aromatic amines is 1. The van der Waals surface area contributed by atoms with E-state index in [-0.39, 0.29) is 5.82 Å². The lowest BCUT2D eigenvalue weighted by atomic mass is 10.2. The van der Waals surface area contributed by atoms with E-state index in [0.717, 1.165) is 15.6 Å². The summed E-state index contributed by atoms with van der Waals surface area (Å²) in [4.78, 5) is 0. The van der Waals surface area contributed by atoms with Gasteiger partial charge in [0, 0.05) is 10.0 Å². The number of nitrogens with one attached hydrogen (secondary N) is 1. The van der Waals surface area contributed by atoms with E-state index >= 15 is 0 Å². The van der Waals surface area contributed by atoms with Crippen LogP contribution in [0.15, 0.2) is 58.1 Å². The molecule has 0 atom stereocenters. The molecule has 0 bridgehead atoms. The maximum atomic E-state index is 13.0. The Hall–Kier alpha value is -2.12. The molecule has 0 spiro atoms. The number of benzene rings is 2. The summed E-state index contributed by atoms with van der Waals surface area (Å²) < 4.78 is 15.9. The molecule has 0 aliphatic rings. The van der Waals surface area contributed by atoms with E-state index in [9.17, 15) is 4.39 Å². The molecule has 0 unspecified atom stereocenters. The molecule has 22 heavy (non-hydrogen) atoms. The highest BCUT2D eigenvalue weighted by molar-refractivity contribution is 9.10. The Morgan fingerprint density at radius 2 is 2.00 bits per heavy atom. The van der Waals surface area contributed by atoms with Gasteiger partial charge < -0.3 is 0 Å². The first-order chi connectivity index (χ1) is 10.6. The van der Waals surface area contributed by atoms with Gasteiger partial charge in [-0.05, 0) is 54.2 Å². The van der Waals surface area contributed by atoms with Gasteiger partial charge >= 0.3 is 0 Å². The third-order valence-electron chi connectivity index (χ3n) is 2.92. The summed E-state index contributed by atoms with van der Waals surface area (Å²) in [5, 5.41) is 11.2. The van der Waals surface area contributed by atoms with Crippen molar-refractivity contribution in [3.05, 3.63) is 69.2 Å². The first-order valence-electron chi connectivity index (χ1n) is 6.37. The lowest BCUT2D eigenvalue weighted by Gasteiger charge is -2.01.